The lowest BCUT2D eigenvalue weighted by Crippen LogP contribution is -2.27. The van der Waals surface area contributed by atoms with Gasteiger partial charge in [-0.1, -0.05) is 78.3 Å². The monoisotopic (exact) mass is 382 g/mol. The highest BCUT2D eigenvalue weighted by Crippen LogP contribution is 2.36. The zero-order chi connectivity index (χ0) is 18.7. The Morgan fingerprint density at radius 2 is 1.92 bits per heavy atom. The molecule has 0 unspecified atom stereocenters. The third kappa shape index (κ3) is 3.68. The maximum Gasteiger partial charge on any atom is 0.335 e. The number of nitrogens with zero attached hydrogens (tertiary/aromatic N) is 1. The van der Waals surface area contributed by atoms with Gasteiger partial charge in [0, 0.05) is 0 Å². The first kappa shape index (κ1) is 17.9. The molecule has 0 atom stereocenters. The van der Waals surface area contributed by atoms with Gasteiger partial charge in [-0.2, -0.15) is 0 Å². The van der Waals surface area contributed by atoms with Crippen molar-refractivity contribution < 1.29 is 19.8 Å². The van der Waals surface area contributed by atoms with E-state index in [0.717, 1.165) is 29.5 Å². The summed E-state index contributed by atoms with van der Waals surface area (Å²) in [6.45, 7) is 0. The summed E-state index contributed by atoms with van der Waals surface area (Å²) in [5.41, 5.74) is 0.862. The summed E-state index contributed by atoms with van der Waals surface area (Å²) in [5.74, 6) is -2.32. The van der Waals surface area contributed by atoms with E-state index in [9.17, 15) is 14.7 Å². The molecule has 1 N–H and O–H groups in total. The van der Waals surface area contributed by atoms with Crippen molar-refractivity contribution in [3.63, 3.8) is 0 Å². The van der Waals surface area contributed by atoms with E-state index in [1.807, 2.05) is 36.4 Å². The number of allylic oxidation sites excluding steroid dienone is 2. The third-order valence-electron chi connectivity index (χ3n) is 3.58. The molecule has 1 aliphatic heterocycles. The molecule has 7 heteroatoms. The maximum atomic E-state index is 12.6. The van der Waals surface area contributed by atoms with Crippen molar-refractivity contribution in [3.8, 4) is 5.75 Å². The zero-order valence-electron chi connectivity index (χ0n) is 13.3. The smallest absolute Gasteiger partial charge is 0.335 e. The largest absolute Gasteiger partial charge is 0.872 e. The van der Waals surface area contributed by atoms with Crippen LogP contribution in [0.2, 0.25) is 0 Å². The summed E-state index contributed by atoms with van der Waals surface area (Å²) in [6.07, 6.45) is 5.28. The molecule has 0 aliphatic carbocycles. The van der Waals surface area contributed by atoms with Crippen molar-refractivity contribution in [2.45, 2.75) is 0 Å². The number of rotatable bonds is 4. The van der Waals surface area contributed by atoms with E-state index in [1.54, 1.807) is 12.2 Å². The number of carbonyl (C=O) groups is 2. The molecule has 1 heterocycles. The van der Waals surface area contributed by atoms with Crippen LogP contribution in [-0.2, 0) is 4.79 Å². The normalized spacial score (nSPS) is 16.0. The van der Waals surface area contributed by atoms with Crippen molar-refractivity contribution in [1.29, 1.82) is 0 Å². The highest BCUT2D eigenvalue weighted by atomic mass is 32.2. The molecule has 3 rings (SSSR count). The van der Waals surface area contributed by atoms with Crippen LogP contribution < -0.4 is 10.0 Å². The van der Waals surface area contributed by atoms with Gasteiger partial charge in [0.15, 0.2) is 4.32 Å². The Morgan fingerprint density at radius 1 is 1.19 bits per heavy atom. The molecule has 1 aliphatic rings. The Hall–Kier alpha value is -2.90. The van der Waals surface area contributed by atoms with Crippen LogP contribution in [0.3, 0.4) is 0 Å². The van der Waals surface area contributed by atoms with Gasteiger partial charge in [-0.05, 0) is 23.8 Å². The van der Waals surface area contributed by atoms with Gasteiger partial charge in [0.05, 0.1) is 16.2 Å². The van der Waals surface area contributed by atoms with Crippen molar-refractivity contribution in [2.75, 3.05) is 4.90 Å². The van der Waals surface area contributed by atoms with Gasteiger partial charge >= 0.3 is 5.97 Å². The first-order valence-electron chi connectivity index (χ1n) is 7.51. The van der Waals surface area contributed by atoms with Crippen LogP contribution in [0.4, 0.5) is 5.69 Å². The van der Waals surface area contributed by atoms with Crippen LogP contribution in [-0.4, -0.2) is 21.3 Å². The molecule has 2 aromatic carbocycles. The number of carboxylic acid groups (broad SMARTS) is 1. The molecule has 0 spiro atoms. The second-order valence-electron chi connectivity index (χ2n) is 5.29. The number of amides is 1. The van der Waals surface area contributed by atoms with E-state index in [2.05, 4.69) is 0 Å². The molecule has 0 bridgehead atoms. The predicted octanol–water partition coefficient (Wildman–Crippen LogP) is 3.42. The van der Waals surface area contributed by atoms with Crippen LogP contribution >= 0.6 is 24.0 Å². The quantitative estimate of drug-likeness (QED) is 0.645. The fourth-order valence-corrected chi connectivity index (χ4v) is 3.59. The molecular weight excluding hydrogens is 370 g/mol. The number of carboxylic acids is 1. The lowest BCUT2D eigenvalue weighted by atomic mass is 10.1. The standard InChI is InChI=1S/C19H13NO4S2/c21-15-10-9-13(11-14(15)18(23)24)20-17(22)16(26-19(20)25)8-4-7-12-5-2-1-3-6-12/h1-11,21H,(H,23,24)/p-1/b7-4+,16-8-. The molecule has 2 aromatic rings. The van der Waals surface area contributed by atoms with Crippen LogP contribution in [0.5, 0.6) is 5.75 Å². The molecule has 130 valence electrons. The Morgan fingerprint density at radius 3 is 2.62 bits per heavy atom. The topological polar surface area (TPSA) is 80.7 Å². The van der Waals surface area contributed by atoms with E-state index >= 15 is 0 Å². The molecule has 0 aromatic heterocycles. The van der Waals surface area contributed by atoms with E-state index in [-0.39, 0.29) is 15.9 Å². The van der Waals surface area contributed by atoms with Gasteiger partial charge in [0.25, 0.3) is 5.91 Å². The molecule has 5 nitrogen and oxygen atoms in total. The first-order chi connectivity index (χ1) is 12.5. The van der Waals surface area contributed by atoms with Gasteiger partial charge < -0.3 is 10.2 Å². The predicted molar refractivity (Wildman–Crippen MR) is 104 cm³/mol. The SMILES string of the molecule is O=C(O)c1cc(N2C(=O)/C(=C/C=C/c3ccccc3)SC2=S)ccc1[O-]. The average Bonchev–Trinajstić information content (AvgIpc) is 2.90. The van der Waals surface area contributed by atoms with E-state index in [1.165, 1.54) is 11.0 Å². The molecule has 26 heavy (non-hydrogen) atoms. The van der Waals surface area contributed by atoms with Crippen LogP contribution in [0.1, 0.15) is 15.9 Å². The number of hydrogen-bond donors (Lipinski definition) is 1. The molecule has 1 saturated heterocycles. The second-order valence-corrected chi connectivity index (χ2v) is 6.97. The number of thioether (sulfide) groups is 1. The zero-order valence-corrected chi connectivity index (χ0v) is 14.9. The van der Waals surface area contributed by atoms with Crippen LogP contribution in [0, 0.1) is 0 Å². The van der Waals surface area contributed by atoms with Gasteiger partial charge in [0.2, 0.25) is 0 Å². The lowest BCUT2D eigenvalue weighted by Gasteiger charge is -2.18. The van der Waals surface area contributed by atoms with Gasteiger partial charge in [-0.15, -0.1) is 0 Å². The first-order valence-corrected chi connectivity index (χ1v) is 8.74. The summed E-state index contributed by atoms with van der Waals surface area (Å²) in [4.78, 5) is 25.4. The summed E-state index contributed by atoms with van der Waals surface area (Å²) in [6, 6.07) is 13.3. The molecule has 0 saturated carbocycles. The lowest BCUT2D eigenvalue weighted by molar-refractivity contribution is -0.268. The van der Waals surface area contributed by atoms with E-state index in [4.69, 9.17) is 17.3 Å². The van der Waals surface area contributed by atoms with Crippen molar-refractivity contribution in [3.05, 3.63) is 76.7 Å². The van der Waals surface area contributed by atoms with Gasteiger partial charge in [-0.25, -0.2) is 4.79 Å². The minimum atomic E-state index is -1.34. The summed E-state index contributed by atoms with van der Waals surface area (Å²) in [7, 11) is 0. The number of benzene rings is 2. The minimum Gasteiger partial charge on any atom is -0.872 e. The highest BCUT2D eigenvalue weighted by Gasteiger charge is 2.33. The van der Waals surface area contributed by atoms with Crippen molar-refractivity contribution in [1.82, 2.24) is 0 Å². The summed E-state index contributed by atoms with van der Waals surface area (Å²) < 4.78 is 0.282. The average molecular weight is 382 g/mol. The minimum absolute atomic E-state index is 0.264. The Balaban J connectivity index is 1.85. The highest BCUT2D eigenvalue weighted by molar-refractivity contribution is 8.27. The number of anilines is 1. The Kier molecular flexibility index (Phi) is 5.20. The molecule has 1 amide bonds. The third-order valence-corrected chi connectivity index (χ3v) is 4.90. The number of hydrogen-bond acceptors (Lipinski definition) is 5. The van der Waals surface area contributed by atoms with E-state index in [0.29, 0.717) is 4.91 Å². The molecule has 1 fully saturated rings. The summed E-state index contributed by atoms with van der Waals surface area (Å²) >= 11 is 6.36. The Bertz CT molecular complexity index is 951. The maximum absolute atomic E-state index is 12.6. The fourth-order valence-electron chi connectivity index (χ4n) is 2.34. The second kappa shape index (κ2) is 7.55. The van der Waals surface area contributed by atoms with E-state index < -0.39 is 17.3 Å². The number of thiocarbonyl (C=S) groups is 1. The van der Waals surface area contributed by atoms with Crippen LogP contribution in [0.25, 0.3) is 6.08 Å². The van der Waals surface area contributed by atoms with Crippen molar-refractivity contribution in [2.24, 2.45) is 0 Å². The number of aromatic carboxylic acids is 1. The van der Waals surface area contributed by atoms with Gasteiger partial charge in [-0.3, -0.25) is 9.69 Å². The van der Waals surface area contributed by atoms with Crippen molar-refractivity contribution >= 4 is 51.9 Å². The summed E-state index contributed by atoms with van der Waals surface area (Å²) in [5, 5.41) is 20.7. The molecular formula is C19H12NO4S2-. The molecule has 0 radical (unpaired) electrons. The van der Waals surface area contributed by atoms with Crippen LogP contribution in [0.15, 0.2) is 65.6 Å². The van der Waals surface area contributed by atoms with Gasteiger partial charge in [0.1, 0.15) is 0 Å². The Labute approximate surface area is 159 Å². The number of carbonyl (C=O) groups excluding carboxylic acids is 1. The fraction of sp³-hybridized carbons (Fsp3) is 0.